The van der Waals surface area contributed by atoms with Crippen molar-refractivity contribution in [2.45, 2.75) is 26.2 Å². The Morgan fingerprint density at radius 2 is 2.11 bits per heavy atom. The highest BCUT2D eigenvalue weighted by molar-refractivity contribution is 6.02. The standard InChI is InChI=1S/C15H19N3O/c1-3-4-5-8-18-11-15(19)17(2)13-7-6-12(10-16)9-14(13)18/h6-7,9H,3-5,8,11H2,1-2H3. The van der Waals surface area contributed by atoms with Gasteiger partial charge in [-0.25, -0.2) is 0 Å². The molecule has 0 radical (unpaired) electrons. The van der Waals surface area contributed by atoms with Gasteiger partial charge in [0.15, 0.2) is 0 Å². The number of hydrogen-bond donors (Lipinski definition) is 0. The molecule has 19 heavy (non-hydrogen) atoms. The predicted octanol–water partition coefficient (Wildman–Crippen LogP) is 2.53. The first-order valence-corrected chi connectivity index (χ1v) is 6.73. The van der Waals surface area contributed by atoms with Crippen molar-refractivity contribution in [1.29, 1.82) is 5.26 Å². The number of carbonyl (C=O) groups is 1. The Bertz CT molecular complexity index is 519. The summed E-state index contributed by atoms with van der Waals surface area (Å²) in [7, 11) is 1.79. The number of benzene rings is 1. The van der Waals surface area contributed by atoms with Gasteiger partial charge in [-0.3, -0.25) is 4.79 Å². The molecule has 0 fully saturated rings. The maximum atomic E-state index is 12.0. The molecule has 2 rings (SSSR count). The molecule has 1 heterocycles. The van der Waals surface area contributed by atoms with Crippen LogP contribution in [0, 0.1) is 11.3 Å². The van der Waals surface area contributed by atoms with E-state index < -0.39 is 0 Å². The van der Waals surface area contributed by atoms with Crippen LogP contribution in [0.15, 0.2) is 18.2 Å². The second kappa shape index (κ2) is 5.75. The molecule has 4 nitrogen and oxygen atoms in total. The first-order chi connectivity index (χ1) is 9.17. The second-order valence-corrected chi connectivity index (χ2v) is 4.90. The molecular formula is C15H19N3O. The second-order valence-electron chi connectivity index (χ2n) is 4.90. The number of amides is 1. The zero-order chi connectivity index (χ0) is 13.8. The topological polar surface area (TPSA) is 47.3 Å². The summed E-state index contributed by atoms with van der Waals surface area (Å²) in [6, 6.07) is 7.66. The number of rotatable bonds is 4. The zero-order valence-electron chi connectivity index (χ0n) is 11.5. The van der Waals surface area contributed by atoms with Gasteiger partial charge < -0.3 is 9.80 Å². The highest BCUT2D eigenvalue weighted by Gasteiger charge is 2.26. The van der Waals surface area contributed by atoms with Crippen LogP contribution >= 0.6 is 0 Å². The van der Waals surface area contributed by atoms with Crippen molar-refractivity contribution < 1.29 is 4.79 Å². The fourth-order valence-electron chi connectivity index (χ4n) is 2.37. The fourth-order valence-corrected chi connectivity index (χ4v) is 2.37. The average Bonchev–Trinajstić information content (AvgIpc) is 2.44. The lowest BCUT2D eigenvalue weighted by Gasteiger charge is -2.35. The van der Waals surface area contributed by atoms with E-state index in [9.17, 15) is 4.79 Å². The maximum absolute atomic E-state index is 12.0. The van der Waals surface area contributed by atoms with Gasteiger partial charge in [-0.15, -0.1) is 0 Å². The average molecular weight is 257 g/mol. The molecule has 1 aliphatic heterocycles. The van der Waals surface area contributed by atoms with Gasteiger partial charge in [-0.2, -0.15) is 5.26 Å². The van der Waals surface area contributed by atoms with Crippen LogP contribution in [0.5, 0.6) is 0 Å². The lowest BCUT2D eigenvalue weighted by molar-refractivity contribution is -0.117. The molecule has 1 aromatic carbocycles. The number of carbonyl (C=O) groups excluding carboxylic acids is 1. The first kappa shape index (κ1) is 13.4. The SMILES string of the molecule is CCCCCN1CC(=O)N(C)c2ccc(C#N)cc21. The monoisotopic (exact) mass is 257 g/mol. The Balaban J connectivity index is 2.30. The van der Waals surface area contributed by atoms with E-state index >= 15 is 0 Å². The minimum Gasteiger partial charge on any atom is -0.360 e. The van der Waals surface area contributed by atoms with E-state index in [1.165, 1.54) is 0 Å². The van der Waals surface area contributed by atoms with E-state index in [1.807, 2.05) is 12.1 Å². The Hall–Kier alpha value is -2.02. The third kappa shape index (κ3) is 2.70. The van der Waals surface area contributed by atoms with E-state index in [4.69, 9.17) is 5.26 Å². The molecule has 0 spiro atoms. The number of anilines is 2. The molecule has 0 aliphatic carbocycles. The van der Waals surface area contributed by atoms with Gasteiger partial charge in [-0.05, 0) is 24.6 Å². The molecule has 0 N–H and O–H groups in total. The number of unbranched alkanes of at least 4 members (excludes halogenated alkanes) is 2. The summed E-state index contributed by atoms with van der Waals surface area (Å²) in [6.45, 7) is 3.44. The van der Waals surface area contributed by atoms with Crippen LogP contribution in [0.3, 0.4) is 0 Å². The van der Waals surface area contributed by atoms with Crippen molar-refractivity contribution >= 4 is 17.3 Å². The Morgan fingerprint density at radius 3 is 2.79 bits per heavy atom. The van der Waals surface area contributed by atoms with E-state index in [0.717, 1.165) is 37.2 Å². The van der Waals surface area contributed by atoms with Crippen molar-refractivity contribution in [3.63, 3.8) is 0 Å². The third-order valence-corrected chi connectivity index (χ3v) is 3.54. The maximum Gasteiger partial charge on any atom is 0.246 e. The molecule has 0 bridgehead atoms. The summed E-state index contributed by atoms with van der Waals surface area (Å²) in [5, 5.41) is 9.01. The zero-order valence-corrected chi connectivity index (χ0v) is 11.5. The van der Waals surface area contributed by atoms with Gasteiger partial charge in [0.05, 0.1) is 29.6 Å². The van der Waals surface area contributed by atoms with Crippen molar-refractivity contribution in [2.24, 2.45) is 0 Å². The van der Waals surface area contributed by atoms with Crippen LogP contribution < -0.4 is 9.80 Å². The van der Waals surface area contributed by atoms with E-state index in [0.29, 0.717) is 12.1 Å². The molecule has 0 atom stereocenters. The highest BCUT2D eigenvalue weighted by atomic mass is 16.2. The Kier molecular flexibility index (Phi) is 4.06. The normalized spacial score (nSPS) is 14.3. The fraction of sp³-hybridized carbons (Fsp3) is 0.467. The molecule has 0 aromatic heterocycles. The van der Waals surface area contributed by atoms with Crippen LogP contribution in [0.25, 0.3) is 0 Å². The Morgan fingerprint density at radius 1 is 1.32 bits per heavy atom. The van der Waals surface area contributed by atoms with E-state index in [2.05, 4.69) is 17.9 Å². The number of fused-ring (bicyclic) bond motifs is 1. The highest BCUT2D eigenvalue weighted by Crippen LogP contribution is 2.33. The number of hydrogen-bond acceptors (Lipinski definition) is 3. The van der Waals surface area contributed by atoms with E-state index in [-0.39, 0.29) is 5.91 Å². The van der Waals surface area contributed by atoms with Crippen molar-refractivity contribution in [2.75, 3.05) is 29.9 Å². The Labute approximate surface area is 114 Å². The molecule has 1 aliphatic rings. The van der Waals surface area contributed by atoms with Crippen LogP contribution in [0.4, 0.5) is 11.4 Å². The molecule has 100 valence electrons. The van der Waals surface area contributed by atoms with Crippen molar-refractivity contribution in [3.05, 3.63) is 23.8 Å². The molecular weight excluding hydrogens is 238 g/mol. The van der Waals surface area contributed by atoms with Crippen LogP contribution in [0.1, 0.15) is 31.7 Å². The van der Waals surface area contributed by atoms with Gasteiger partial charge in [-0.1, -0.05) is 19.8 Å². The van der Waals surface area contributed by atoms with Gasteiger partial charge in [0.25, 0.3) is 0 Å². The molecule has 0 saturated heterocycles. The number of nitriles is 1. The minimum absolute atomic E-state index is 0.105. The minimum atomic E-state index is 0.105. The summed E-state index contributed by atoms with van der Waals surface area (Å²) >= 11 is 0. The smallest absolute Gasteiger partial charge is 0.246 e. The molecule has 0 unspecified atom stereocenters. The largest absolute Gasteiger partial charge is 0.360 e. The van der Waals surface area contributed by atoms with Crippen LogP contribution in [0.2, 0.25) is 0 Å². The molecule has 1 aromatic rings. The van der Waals surface area contributed by atoms with E-state index in [1.54, 1.807) is 18.0 Å². The summed E-state index contributed by atoms with van der Waals surface area (Å²) in [5.41, 5.74) is 2.53. The third-order valence-electron chi connectivity index (χ3n) is 3.54. The van der Waals surface area contributed by atoms with Crippen LogP contribution in [-0.4, -0.2) is 26.0 Å². The lowest BCUT2D eigenvalue weighted by atomic mass is 10.1. The van der Waals surface area contributed by atoms with Gasteiger partial charge >= 0.3 is 0 Å². The summed E-state index contributed by atoms with van der Waals surface area (Å²) in [4.78, 5) is 15.7. The first-order valence-electron chi connectivity index (χ1n) is 6.73. The van der Waals surface area contributed by atoms with Crippen LogP contribution in [-0.2, 0) is 4.79 Å². The quantitative estimate of drug-likeness (QED) is 0.779. The molecule has 0 saturated carbocycles. The van der Waals surface area contributed by atoms with Gasteiger partial charge in [0.1, 0.15) is 0 Å². The number of likely N-dealkylation sites (N-methyl/N-ethyl adjacent to an activating group) is 1. The lowest BCUT2D eigenvalue weighted by Crippen LogP contribution is -2.44. The summed E-state index contributed by atoms with van der Waals surface area (Å²) in [5.74, 6) is 0.105. The molecule has 4 heteroatoms. The predicted molar refractivity (Wildman–Crippen MR) is 76.3 cm³/mol. The van der Waals surface area contributed by atoms with Gasteiger partial charge in [0.2, 0.25) is 5.91 Å². The summed E-state index contributed by atoms with van der Waals surface area (Å²) in [6.07, 6.45) is 3.39. The van der Waals surface area contributed by atoms with Gasteiger partial charge in [0, 0.05) is 13.6 Å². The molecule has 1 amide bonds. The number of nitrogens with zero attached hydrogens (tertiary/aromatic N) is 3. The van der Waals surface area contributed by atoms with Crippen molar-refractivity contribution in [3.8, 4) is 6.07 Å². The summed E-state index contributed by atoms with van der Waals surface area (Å²) < 4.78 is 0. The van der Waals surface area contributed by atoms with Crippen molar-refractivity contribution in [1.82, 2.24) is 0 Å².